The van der Waals surface area contributed by atoms with Crippen molar-refractivity contribution in [1.82, 2.24) is 10.3 Å². The van der Waals surface area contributed by atoms with Gasteiger partial charge in [-0.2, -0.15) is 0 Å². The van der Waals surface area contributed by atoms with E-state index in [2.05, 4.69) is 10.3 Å². The molecule has 0 saturated heterocycles. The first-order valence-corrected chi connectivity index (χ1v) is 7.72. The number of halogens is 2. The predicted octanol–water partition coefficient (Wildman–Crippen LogP) is 3.52. The number of ether oxygens (including phenoxy) is 1. The van der Waals surface area contributed by atoms with Crippen LogP contribution in [0.1, 0.15) is 45.7 Å². The summed E-state index contributed by atoms with van der Waals surface area (Å²) in [7, 11) is 0. The maximum absolute atomic E-state index is 11.7. The third-order valence-electron chi connectivity index (χ3n) is 2.53. The van der Waals surface area contributed by atoms with Crippen LogP contribution in [0.2, 0.25) is 10.2 Å². The molecular weight excluding hydrogens is 327 g/mol. The van der Waals surface area contributed by atoms with Crippen molar-refractivity contribution in [3.8, 4) is 0 Å². The molecule has 0 aromatic carbocycles. The molecule has 0 radical (unpaired) electrons. The number of pyridine rings is 1. The standard InChI is InChI=1S/C15H20Cl2N2O3/c1-15(2,3)22-13(21)6-4-5-12(20)18-9-10-7-8-11(16)14(17)19-10/h7-8H,4-6,9H2,1-3H3,(H,18,20). The third-order valence-corrected chi connectivity index (χ3v) is 3.22. The molecule has 22 heavy (non-hydrogen) atoms. The van der Waals surface area contributed by atoms with Crippen molar-refractivity contribution < 1.29 is 14.3 Å². The Kier molecular flexibility index (Phi) is 7.10. The van der Waals surface area contributed by atoms with Crippen LogP contribution in [0.25, 0.3) is 0 Å². The molecule has 5 nitrogen and oxygen atoms in total. The van der Waals surface area contributed by atoms with E-state index in [1.807, 2.05) is 20.8 Å². The summed E-state index contributed by atoms with van der Waals surface area (Å²) in [6.07, 6.45) is 0.909. The normalized spacial score (nSPS) is 11.1. The molecule has 0 fully saturated rings. The van der Waals surface area contributed by atoms with E-state index in [0.717, 1.165) is 0 Å². The fourth-order valence-electron chi connectivity index (χ4n) is 1.62. The summed E-state index contributed by atoms with van der Waals surface area (Å²) in [5.41, 5.74) is 0.119. The highest BCUT2D eigenvalue weighted by Gasteiger charge is 2.16. The fourth-order valence-corrected chi connectivity index (χ4v) is 1.89. The number of hydrogen-bond acceptors (Lipinski definition) is 4. The zero-order chi connectivity index (χ0) is 16.8. The van der Waals surface area contributed by atoms with Crippen molar-refractivity contribution in [3.05, 3.63) is 28.0 Å². The van der Waals surface area contributed by atoms with Gasteiger partial charge in [0.15, 0.2) is 0 Å². The highest BCUT2D eigenvalue weighted by Crippen LogP contribution is 2.18. The molecule has 1 amide bonds. The van der Waals surface area contributed by atoms with Crippen LogP contribution in [0, 0.1) is 0 Å². The fraction of sp³-hybridized carbons (Fsp3) is 0.533. The van der Waals surface area contributed by atoms with Crippen molar-refractivity contribution in [2.24, 2.45) is 0 Å². The van der Waals surface area contributed by atoms with Gasteiger partial charge >= 0.3 is 5.97 Å². The van der Waals surface area contributed by atoms with Gasteiger partial charge in [-0.1, -0.05) is 23.2 Å². The Bertz CT molecular complexity index is 542. The first-order chi connectivity index (χ1) is 10.2. The van der Waals surface area contributed by atoms with Crippen LogP contribution in [0.15, 0.2) is 12.1 Å². The number of hydrogen-bond donors (Lipinski definition) is 1. The predicted molar refractivity (Wildman–Crippen MR) is 85.8 cm³/mol. The highest BCUT2D eigenvalue weighted by atomic mass is 35.5. The minimum atomic E-state index is -0.501. The highest BCUT2D eigenvalue weighted by molar-refractivity contribution is 6.41. The quantitative estimate of drug-likeness (QED) is 0.632. The summed E-state index contributed by atoms with van der Waals surface area (Å²) in [5.74, 6) is -0.456. The largest absolute Gasteiger partial charge is 0.460 e. The van der Waals surface area contributed by atoms with Gasteiger partial charge in [0.25, 0.3) is 0 Å². The Hall–Kier alpha value is -1.33. The molecule has 122 valence electrons. The second-order valence-corrected chi connectivity index (χ2v) is 6.56. The molecule has 1 aromatic rings. The van der Waals surface area contributed by atoms with Crippen molar-refractivity contribution in [2.45, 2.75) is 52.2 Å². The topological polar surface area (TPSA) is 68.3 Å². The smallest absolute Gasteiger partial charge is 0.306 e. The molecule has 1 N–H and O–H groups in total. The monoisotopic (exact) mass is 346 g/mol. The van der Waals surface area contributed by atoms with Crippen molar-refractivity contribution in [1.29, 1.82) is 0 Å². The van der Waals surface area contributed by atoms with Crippen LogP contribution in [-0.2, 0) is 20.9 Å². The minimum absolute atomic E-state index is 0.156. The van der Waals surface area contributed by atoms with E-state index in [9.17, 15) is 9.59 Å². The molecule has 0 spiro atoms. The summed E-state index contributed by atoms with van der Waals surface area (Å²) < 4.78 is 5.17. The third kappa shape index (κ3) is 7.61. The van der Waals surface area contributed by atoms with E-state index in [1.165, 1.54) is 0 Å². The van der Waals surface area contributed by atoms with E-state index in [1.54, 1.807) is 12.1 Å². The van der Waals surface area contributed by atoms with Gasteiger partial charge in [0, 0.05) is 12.8 Å². The first-order valence-electron chi connectivity index (χ1n) is 6.97. The van der Waals surface area contributed by atoms with Gasteiger partial charge in [-0.3, -0.25) is 9.59 Å². The van der Waals surface area contributed by atoms with Crippen molar-refractivity contribution in [3.63, 3.8) is 0 Å². The van der Waals surface area contributed by atoms with Crippen LogP contribution in [0.3, 0.4) is 0 Å². The molecule has 0 aliphatic heterocycles. The summed E-state index contributed by atoms with van der Waals surface area (Å²) in [6, 6.07) is 3.32. The molecule has 1 rings (SSSR count). The van der Waals surface area contributed by atoms with Gasteiger partial charge in [-0.15, -0.1) is 0 Å². The van der Waals surface area contributed by atoms with E-state index in [-0.39, 0.29) is 36.4 Å². The Morgan fingerprint density at radius 1 is 1.23 bits per heavy atom. The van der Waals surface area contributed by atoms with Crippen molar-refractivity contribution >= 4 is 35.1 Å². The van der Waals surface area contributed by atoms with Crippen molar-refractivity contribution in [2.75, 3.05) is 0 Å². The van der Waals surface area contributed by atoms with Gasteiger partial charge in [-0.05, 0) is 39.3 Å². The minimum Gasteiger partial charge on any atom is -0.460 e. The van der Waals surface area contributed by atoms with Gasteiger partial charge in [0.2, 0.25) is 5.91 Å². The number of aromatic nitrogens is 1. The number of rotatable bonds is 6. The first kappa shape index (κ1) is 18.7. The zero-order valence-electron chi connectivity index (χ0n) is 12.9. The molecule has 0 unspecified atom stereocenters. The number of carbonyl (C=O) groups is 2. The summed E-state index contributed by atoms with van der Waals surface area (Å²) in [6.45, 7) is 5.69. The van der Waals surface area contributed by atoms with E-state index < -0.39 is 5.60 Å². The summed E-state index contributed by atoms with van der Waals surface area (Å²) in [5, 5.41) is 3.29. The molecule has 0 aliphatic rings. The average Bonchev–Trinajstić information content (AvgIpc) is 2.38. The Morgan fingerprint density at radius 3 is 2.50 bits per heavy atom. The van der Waals surface area contributed by atoms with Crippen LogP contribution in [0.5, 0.6) is 0 Å². The second kappa shape index (κ2) is 8.34. The lowest BCUT2D eigenvalue weighted by Gasteiger charge is -2.19. The van der Waals surface area contributed by atoms with Gasteiger partial charge in [0.05, 0.1) is 17.3 Å². The van der Waals surface area contributed by atoms with E-state index in [4.69, 9.17) is 27.9 Å². The second-order valence-electron chi connectivity index (χ2n) is 5.79. The van der Waals surface area contributed by atoms with Gasteiger partial charge in [-0.25, -0.2) is 4.98 Å². The lowest BCUT2D eigenvalue weighted by molar-refractivity contribution is -0.154. The number of nitrogens with zero attached hydrogens (tertiary/aromatic N) is 1. The van der Waals surface area contributed by atoms with E-state index in [0.29, 0.717) is 17.1 Å². The molecular formula is C15H20Cl2N2O3. The molecule has 0 aliphatic carbocycles. The lowest BCUT2D eigenvalue weighted by Crippen LogP contribution is -2.25. The Labute approximate surface area is 140 Å². The molecule has 0 atom stereocenters. The Morgan fingerprint density at radius 2 is 1.91 bits per heavy atom. The molecule has 7 heteroatoms. The Balaban J connectivity index is 2.26. The lowest BCUT2D eigenvalue weighted by atomic mass is 10.2. The number of amides is 1. The molecule has 0 saturated carbocycles. The van der Waals surface area contributed by atoms with Gasteiger partial charge < -0.3 is 10.1 Å². The maximum atomic E-state index is 11.7. The van der Waals surface area contributed by atoms with Crippen LogP contribution in [-0.4, -0.2) is 22.5 Å². The van der Waals surface area contributed by atoms with Crippen LogP contribution >= 0.6 is 23.2 Å². The SMILES string of the molecule is CC(C)(C)OC(=O)CCCC(=O)NCc1ccc(Cl)c(Cl)n1. The number of esters is 1. The molecule has 0 bridgehead atoms. The van der Waals surface area contributed by atoms with E-state index >= 15 is 0 Å². The summed E-state index contributed by atoms with van der Waals surface area (Å²) in [4.78, 5) is 27.2. The van der Waals surface area contributed by atoms with Gasteiger partial charge in [0.1, 0.15) is 10.8 Å². The number of carbonyl (C=O) groups excluding carboxylic acids is 2. The van der Waals surface area contributed by atoms with Crippen LogP contribution < -0.4 is 5.32 Å². The molecule has 1 heterocycles. The van der Waals surface area contributed by atoms with Crippen LogP contribution in [0.4, 0.5) is 0 Å². The summed E-state index contributed by atoms with van der Waals surface area (Å²) >= 11 is 11.6. The molecule has 1 aromatic heterocycles. The average molecular weight is 347 g/mol. The number of nitrogens with one attached hydrogen (secondary N) is 1. The maximum Gasteiger partial charge on any atom is 0.306 e. The zero-order valence-corrected chi connectivity index (χ0v) is 14.4.